The molecule has 2 aromatic heterocycles. The van der Waals surface area contributed by atoms with Crippen molar-refractivity contribution in [1.29, 1.82) is 0 Å². The van der Waals surface area contributed by atoms with E-state index in [1.54, 1.807) is 0 Å². The Morgan fingerprint density at radius 1 is 1.30 bits per heavy atom. The number of aryl methyl sites for hydroxylation is 1. The maximum absolute atomic E-state index is 10.8. The van der Waals surface area contributed by atoms with Gasteiger partial charge in [-0.2, -0.15) is 5.10 Å². The Morgan fingerprint density at radius 2 is 2.05 bits per heavy atom. The summed E-state index contributed by atoms with van der Waals surface area (Å²) in [5.41, 5.74) is 5.48. The molecule has 0 unspecified atom stereocenters. The molecule has 0 aliphatic heterocycles. The predicted molar refractivity (Wildman–Crippen MR) is 76.7 cm³/mol. The lowest BCUT2D eigenvalue weighted by atomic mass is 10.0. The Bertz CT molecular complexity index is 799. The minimum Gasteiger partial charge on any atom is -0.481 e. The number of carboxylic acids is 1. The first-order chi connectivity index (χ1) is 9.58. The van der Waals surface area contributed by atoms with Gasteiger partial charge in [0.05, 0.1) is 12.1 Å². The largest absolute Gasteiger partial charge is 0.481 e. The molecule has 0 aliphatic rings. The lowest BCUT2D eigenvalue weighted by molar-refractivity contribution is -0.136. The Hall–Kier alpha value is -2.56. The van der Waals surface area contributed by atoms with Gasteiger partial charge in [-0.3, -0.25) is 9.89 Å². The molecule has 0 saturated carbocycles. The number of benzene rings is 1. The average Bonchev–Trinajstić information content (AvgIpc) is 2.90. The number of nitrogens with zero attached hydrogens (tertiary/aromatic N) is 1. The van der Waals surface area contributed by atoms with Crippen LogP contribution < -0.4 is 0 Å². The highest BCUT2D eigenvalue weighted by atomic mass is 16.4. The highest BCUT2D eigenvalue weighted by Crippen LogP contribution is 2.33. The van der Waals surface area contributed by atoms with E-state index in [4.69, 9.17) is 5.11 Å². The Kier molecular flexibility index (Phi) is 2.82. The lowest BCUT2D eigenvalue weighted by Gasteiger charge is -2.00. The standard InChI is InChI=1S/C15H15N3O2/c1-8-12(7-13(19)20)17-18-15(8)14-9(2)16-11-6-4-3-5-10(11)14/h3-6,16H,7H2,1-2H3,(H,17,18)(H,19,20). The van der Waals surface area contributed by atoms with Gasteiger partial charge >= 0.3 is 5.97 Å². The molecular formula is C15H15N3O2. The van der Waals surface area contributed by atoms with Crippen LogP contribution in [-0.2, 0) is 11.2 Å². The van der Waals surface area contributed by atoms with Crippen molar-refractivity contribution < 1.29 is 9.90 Å². The summed E-state index contributed by atoms with van der Waals surface area (Å²) in [5.74, 6) is -0.862. The SMILES string of the molecule is Cc1[nH]c2ccccc2c1-c1n[nH]c(CC(=O)O)c1C. The number of aliphatic carboxylic acids is 1. The van der Waals surface area contributed by atoms with Gasteiger partial charge < -0.3 is 10.1 Å². The van der Waals surface area contributed by atoms with Crippen LogP contribution in [0.5, 0.6) is 0 Å². The fourth-order valence-electron chi connectivity index (χ4n) is 2.58. The van der Waals surface area contributed by atoms with E-state index < -0.39 is 5.97 Å². The van der Waals surface area contributed by atoms with Crippen LogP contribution in [0.4, 0.5) is 0 Å². The van der Waals surface area contributed by atoms with E-state index in [1.807, 2.05) is 38.1 Å². The van der Waals surface area contributed by atoms with Crippen LogP contribution in [0.1, 0.15) is 17.0 Å². The fourth-order valence-corrected chi connectivity index (χ4v) is 2.58. The lowest BCUT2D eigenvalue weighted by Crippen LogP contribution is -2.01. The van der Waals surface area contributed by atoms with Crippen LogP contribution >= 0.6 is 0 Å². The molecule has 3 N–H and O–H groups in total. The second-order valence-corrected chi connectivity index (χ2v) is 4.92. The third-order valence-electron chi connectivity index (χ3n) is 3.57. The van der Waals surface area contributed by atoms with E-state index in [0.29, 0.717) is 5.69 Å². The molecule has 0 amide bonds. The minimum atomic E-state index is -0.862. The van der Waals surface area contributed by atoms with Crippen molar-refractivity contribution in [2.24, 2.45) is 0 Å². The number of para-hydroxylation sites is 1. The van der Waals surface area contributed by atoms with E-state index in [0.717, 1.165) is 33.4 Å². The summed E-state index contributed by atoms with van der Waals surface area (Å²) < 4.78 is 0. The molecule has 102 valence electrons. The van der Waals surface area contributed by atoms with E-state index >= 15 is 0 Å². The van der Waals surface area contributed by atoms with E-state index in [1.165, 1.54) is 0 Å². The molecule has 0 aliphatic carbocycles. The highest BCUT2D eigenvalue weighted by molar-refractivity contribution is 5.97. The third-order valence-corrected chi connectivity index (χ3v) is 3.57. The molecule has 5 nitrogen and oxygen atoms in total. The molecule has 0 spiro atoms. The van der Waals surface area contributed by atoms with Gasteiger partial charge in [0.1, 0.15) is 0 Å². The Morgan fingerprint density at radius 3 is 2.80 bits per heavy atom. The summed E-state index contributed by atoms with van der Waals surface area (Å²) in [6, 6.07) is 8.03. The van der Waals surface area contributed by atoms with Crippen LogP contribution in [0.15, 0.2) is 24.3 Å². The molecule has 0 radical (unpaired) electrons. The number of carboxylic acid groups (broad SMARTS) is 1. The number of aromatic nitrogens is 3. The number of nitrogens with one attached hydrogen (secondary N) is 2. The number of hydrogen-bond donors (Lipinski definition) is 3. The van der Waals surface area contributed by atoms with Crippen LogP contribution in [0, 0.1) is 13.8 Å². The van der Waals surface area contributed by atoms with Crippen molar-refractivity contribution in [3.05, 3.63) is 41.2 Å². The van der Waals surface area contributed by atoms with Crippen molar-refractivity contribution >= 4 is 16.9 Å². The van der Waals surface area contributed by atoms with Crippen LogP contribution in [-0.4, -0.2) is 26.3 Å². The smallest absolute Gasteiger partial charge is 0.309 e. The zero-order valence-corrected chi connectivity index (χ0v) is 11.3. The molecule has 20 heavy (non-hydrogen) atoms. The second kappa shape index (κ2) is 4.52. The zero-order valence-electron chi connectivity index (χ0n) is 11.3. The number of aromatic amines is 2. The van der Waals surface area contributed by atoms with Gasteiger partial charge in [0, 0.05) is 27.9 Å². The van der Waals surface area contributed by atoms with Gasteiger partial charge in [-0.15, -0.1) is 0 Å². The van der Waals surface area contributed by atoms with Crippen LogP contribution in [0.25, 0.3) is 22.2 Å². The minimum absolute atomic E-state index is 0.0414. The number of H-pyrrole nitrogens is 2. The normalized spacial score (nSPS) is 11.1. The van der Waals surface area contributed by atoms with Crippen molar-refractivity contribution in [3.8, 4) is 11.3 Å². The summed E-state index contributed by atoms with van der Waals surface area (Å²) in [5, 5.41) is 17.2. The van der Waals surface area contributed by atoms with Gasteiger partial charge in [0.15, 0.2) is 0 Å². The van der Waals surface area contributed by atoms with E-state index in [-0.39, 0.29) is 6.42 Å². The summed E-state index contributed by atoms with van der Waals surface area (Å²) in [6.45, 7) is 3.90. The van der Waals surface area contributed by atoms with Crippen LogP contribution in [0.2, 0.25) is 0 Å². The number of fused-ring (bicyclic) bond motifs is 1. The molecule has 3 aromatic rings. The third kappa shape index (κ3) is 1.87. The topological polar surface area (TPSA) is 81.8 Å². The summed E-state index contributed by atoms with van der Waals surface area (Å²) in [4.78, 5) is 14.2. The number of hydrogen-bond acceptors (Lipinski definition) is 2. The van der Waals surface area contributed by atoms with Crippen molar-refractivity contribution in [2.45, 2.75) is 20.3 Å². The molecule has 1 aromatic carbocycles. The van der Waals surface area contributed by atoms with E-state index in [9.17, 15) is 4.79 Å². The molecule has 0 saturated heterocycles. The van der Waals surface area contributed by atoms with E-state index in [2.05, 4.69) is 15.2 Å². The summed E-state index contributed by atoms with van der Waals surface area (Å²) in [7, 11) is 0. The van der Waals surface area contributed by atoms with Gasteiger partial charge in [0.25, 0.3) is 0 Å². The van der Waals surface area contributed by atoms with Gasteiger partial charge in [-0.05, 0) is 25.5 Å². The summed E-state index contributed by atoms with van der Waals surface area (Å²) >= 11 is 0. The Balaban J connectivity index is 2.19. The molecule has 5 heteroatoms. The molecule has 0 bridgehead atoms. The first kappa shape index (κ1) is 12.5. The number of rotatable bonds is 3. The molecule has 0 atom stereocenters. The first-order valence-electron chi connectivity index (χ1n) is 6.41. The second-order valence-electron chi connectivity index (χ2n) is 4.92. The highest BCUT2D eigenvalue weighted by Gasteiger charge is 2.18. The molecule has 3 rings (SSSR count). The zero-order chi connectivity index (χ0) is 14.3. The van der Waals surface area contributed by atoms with Gasteiger partial charge in [-0.1, -0.05) is 18.2 Å². The quantitative estimate of drug-likeness (QED) is 0.683. The van der Waals surface area contributed by atoms with Gasteiger partial charge in [-0.25, -0.2) is 0 Å². The molecule has 2 heterocycles. The fraction of sp³-hybridized carbons (Fsp3) is 0.200. The maximum Gasteiger partial charge on any atom is 0.309 e. The summed E-state index contributed by atoms with van der Waals surface area (Å²) in [6.07, 6.45) is -0.0414. The van der Waals surface area contributed by atoms with Crippen molar-refractivity contribution in [2.75, 3.05) is 0 Å². The van der Waals surface area contributed by atoms with Crippen molar-refractivity contribution in [3.63, 3.8) is 0 Å². The van der Waals surface area contributed by atoms with Gasteiger partial charge in [0.2, 0.25) is 0 Å². The molecular weight excluding hydrogens is 254 g/mol. The monoisotopic (exact) mass is 269 g/mol. The maximum atomic E-state index is 10.8. The van der Waals surface area contributed by atoms with Crippen molar-refractivity contribution in [1.82, 2.24) is 15.2 Å². The number of carbonyl (C=O) groups is 1. The molecule has 0 fully saturated rings. The Labute approximate surface area is 115 Å². The average molecular weight is 269 g/mol. The van der Waals surface area contributed by atoms with Crippen LogP contribution in [0.3, 0.4) is 0 Å². The first-order valence-corrected chi connectivity index (χ1v) is 6.41. The predicted octanol–water partition coefficient (Wildman–Crippen LogP) is 2.80.